The molecule has 0 spiro atoms. The van der Waals surface area contributed by atoms with Crippen LogP contribution in [0.5, 0.6) is 0 Å². The maximum absolute atomic E-state index is 12.7. The predicted molar refractivity (Wildman–Crippen MR) is 124 cm³/mol. The van der Waals surface area contributed by atoms with Crippen LogP contribution in [-0.4, -0.2) is 33.3 Å². The van der Waals surface area contributed by atoms with Crippen LogP contribution in [0.4, 0.5) is 10.5 Å². The Balaban J connectivity index is 1.50. The number of ketones is 1. The summed E-state index contributed by atoms with van der Waals surface area (Å²) in [5, 5.41) is 11.0. The number of benzene rings is 2. The van der Waals surface area contributed by atoms with Crippen molar-refractivity contribution in [3.05, 3.63) is 91.0 Å². The van der Waals surface area contributed by atoms with E-state index in [1.54, 1.807) is 30.3 Å². The lowest BCUT2D eigenvalue weighted by Gasteiger charge is -2.11. The van der Waals surface area contributed by atoms with E-state index in [-0.39, 0.29) is 16.2 Å². The lowest BCUT2D eigenvalue weighted by Crippen LogP contribution is -2.33. The molecule has 1 aliphatic rings. The molecule has 1 aromatic heterocycles. The summed E-state index contributed by atoms with van der Waals surface area (Å²) in [5.74, 6) is -0.419. The van der Waals surface area contributed by atoms with E-state index in [2.05, 4.69) is 0 Å². The molecule has 0 N–H and O–H groups in total. The molecule has 3 aromatic rings. The van der Waals surface area contributed by atoms with Gasteiger partial charge in [0.05, 0.1) is 21.4 Å². The van der Waals surface area contributed by atoms with Crippen molar-refractivity contribution in [2.45, 2.75) is 0 Å². The lowest BCUT2D eigenvalue weighted by atomic mass is 10.1. The summed E-state index contributed by atoms with van der Waals surface area (Å²) >= 11 is 12.9. The minimum Gasteiger partial charge on any atom is -0.457 e. The predicted octanol–water partition coefficient (Wildman–Crippen LogP) is 6.08. The molecular weight excluding hydrogens is 491 g/mol. The highest BCUT2D eigenvalue weighted by atomic mass is 35.5. The van der Waals surface area contributed by atoms with Crippen molar-refractivity contribution in [1.29, 1.82) is 0 Å². The quantitative estimate of drug-likeness (QED) is 0.173. The topological polar surface area (TPSA) is 111 Å². The smallest absolute Gasteiger partial charge is 0.293 e. The van der Waals surface area contributed by atoms with Crippen LogP contribution in [0.1, 0.15) is 16.1 Å². The molecule has 0 radical (unpaired) electrons. The highest BCUT2D eigenvalue weighted by Gasteiger charge is 2.36. The summed E-state index contributed by atoms with van der Waals surface area (Å²) in [6, 6.07) is 13.1. The molecule has 166 valence electrons. The van der Waals surface area contributed by atoms with Crippen molar-refractivity contribution in [2.24, 2.45) is 0 Å². The average molecular weight is 503 g/mol. The number of nitrogens with zero attached hydrogens (tertiary/aromatic N) is 2. The number of carbonyl (C=O) groups excluding carboxylic acids is 3. The Morgan fingerprint density at radius 2 is 1.82 bits per heavy atom. The first-order valence-electron chi connectivity index (χ1n) is 9.31. The summed E-state index contributed by atoms with van der Waals surface area (Å²) in [7, 11) is 0. The third-order valence-corrected chi connectivity index (χ3v) is 6.14. The number of halogens is 2. The third-order valence-electron chi connectivity index (χ3n) is 4.67. The van der Waals surface area contributed by atoms with Gasteiger partial charge in [0, 0.05) is 34.4 Å². The molecule has 8 nitrogen and oxygen atoms in total. The average Bonchev–Trinajstić information content (AvgIpc) is 3.35. The van der Waals surface area contributed by atoms with Crippen LogP contribution in [0.15, 0.2) is 63.9 Å². The largest absolute Gasteiger partial charge is 0.457 e. The van der Waals surface area contributed by atoms with Crippen LogP contribution >= 0.6 is 35.0 Å². The van der Waals surface area contributed by atoms with Gasteiger partial charge in [-0.3, -0.25) is 29.4 Å². The number of rotatable bonds is 6. The molecule has 1 aliphatic heterocycles. The number of carbonyl (C=O) groups is 3. The molecule has 33 heavy (non-hydrogen) atoms. The molecule has 4 rings (SSSR count). The van der Waals surface area contributed by atoms with Crippen molar-refractivity contribution in [2.75, 3.05) is 6.54 Å². The van der Waals surface area contributed by atoms with Crippen molar-refractivity contribution in [1.82, 2.24) is 4.90 Å². The second kappa shape index (κ2) is 9.22. The van der Waals surface area contributed by atoms with Crippen LogP contribution in [0, 0.1) is 10.1 Å². The second-order valence-corrected chi connectivity index (χ2v) is 8.66. The van der Waals surface area contributed by atoms with Crippen molar-refractivity contribution in [3.63, 3.8) is 0 Å². The molecule has 11 heteroatoms. The Hall–Kier alpha value is -3.40. The van der Waals surface area contributed by atoms with E-state index >= 15 is 0 Å². The number of nitro groups is 1. The van der Waals surface area contributed by atoms with Gasteiger partial charge in [-0.15, -0.1) is 0 Å². The number of Topliss-reactive ketones (excluding diaryl/α,β-unsaturated/α-hetero) is 1. The number of thioether (sulfide) groups is 1. The molecule has 2 amide bonds. The fraction of sp³-hybridized carbons (Fsp3) is 0.0455. The maximum atomic E-state index is 12.7. The number of imide groups is 1. The molecule has 0 unspecified atom stereocenters. The molecule has 1 fully saturated rings. The number of furan rings is 1. The zero-order valence-electron chi connectivity index (χ0n) is 16.5. The lowest BCUT2D eigenvalue weighted by molar-refractivity contribution is -0.384. The number of hydrogen-bond donors (Lipinski definition) is 0. The fourth-order valence-electron chi connectivity index (χ4n) is 3.03. The van der Waals surface area contributed by atoms with Crippen LogP contribution in [-0.2, 0) is 4.79 Å². The Morgan fingerprint density at radius 3 is 2.52 bits per heavy atom. The van der Waals surface area contributed by atoms with Crippen LogP contribution in [0.2, 0.25) is 10.0 Å². The monoisotopic (exact) mass is 502 g/mol. The first-order valence-corrected chi connectivity index (χ1v) is 10.9. The Morgan fingerprint density at radius 1 is 1.09 bits per heavy atom. The Bertz CT molecular complexity index is 1330. The van der Waals surface area contributed by atoms with Gasteiger partial charge in [-0.25, -0.2) is 0 Å². The van der Waals surface area contributed by atoms with Crippen LogP contribution < -0.4 is 0 Å². The summed E-state index contributed by atoms with van der Waals surface area (Å²) in [6.45, 7) is -0.485. The van der Waals surface area contributed by atoms with Gasteiger partial charge < -0.3 is 4.42 Å². The Labute approximate surface area is 200 Å². The van der Waals surface area contributed by atoms with E-state index in [9.17, 15) is 24.5 Å². The first-order chi connectivity index (χ1) is 15.7. The van der Waals surface area contributed by atoms with Gasteiger partial charge in [0.1, 0.15) is 11.5 Å². The van der Waals surface area contributed by atoms with E-state index in [0.29, 0.717) is 38.9 Å². The minimum absolute atomic E-state index is 0.0922. The van der Waals surface area contributed by atoms with Gasteiger partial charge in [-0.1, -0.05) is 23.2 Å². The van der Waals surface area contributed by atoms with Gasteiger partial charge in [0.25, 0.3) is 16.8 Å². The second-order valence-electron chi connectivity index (χ2n) is 6.82. The minimum atomic E-state index is -0.640. The van der Waals surface area contributed by atoms with E-state index in [0.717, 1.165) is 4.90 Å². The number of hydrogen-bond acceptors (Lipinski definition) is 7. The maximum Gasteiger partial charge on any atom is 0.293 e. The van der Waals surface area contributed by atoms with E-state index in [4.69, 9.17) is 27.6 Å². The zero-order valence-corrected chi connectivity index (χ0v) is 18.8. The molecule has 0 aliphatic carbocycles. The molecule has 2 aromatic carbocycles. The van der Waals surface area contributed by atoms with Crippen LogP contribution in [0.3, 0.4) is 0 Å². The van der Waals surface area contributed by atoms with Gasteiger partial charge in [-0.2, -0.15) is 0 Å². The van der Waals surface area contributed by atoms with Crippen molar-refractivity contribution in [3.8, 4) is 11.3 Å². The standard InChI is InChI=1S/C22H12Cl2N2O6S/c23-13-3-7-17(24)16(9-13)19-8-6-15(32-19)10-20-21(28)25(22(29)33-20)11-18(27)12-1-4-14(5-2-12)26(30)31/h1-10H,11H2/b20-10+. The molecule has 1 saturated heterocycles. The van der Waals surface area contributed by atoms with E-state index < -0.39 is 28.4 Å². The van der Waals surface area contributed by atoms with Gasteiger partial charge >= 0.3 is 0 Å². The summed E-state index contributed by atoms with van der Waals surface area (Å²) < 4.78 is 5.73. The zero-order chi connectivity index (χ0) is 23.7. The van der Waals surface area contributed by atoms with E-state index in [1.807, 2.05) is 0 Å². The van der Waals surface area contributed by atoms with Crippen molar-refractivity contribution >= 4 is 63.7 Å². The summed E-state index contributed by atoms with van der Waals surface area (Å²) in [4.78, 5) is 48.6. The molecule has 0 bridgehead atoms. The highest BCUT2D eigenvalue weighted by Crippen LogP contribution is 2.35. The number of non-ortho nitro benzene ring substituents is 1. The normalized spacial score (nSPS) is 14.8. The molecule has 0 saturated carbocycles. The van der Waals surface area contributed by atoms with E-state index in [1.165, 1.54) is 30.3 Å². The third kappa shape index (κ3) is 4.85. The fourth-order valence-corrected chi connectivity index (χ4v) is 4.23. The van der Waals surface area contributed by atoms with Crippen LogP contribution in [0.25, 0.3) is 17.4 Å². The SMILES string of the molecule is O=C(CN1C(=O)S/C(=C/c2ccc(-c3cc(Cl)ccc3Cl)o2)C1=O)c1ccc([N+](=O)[O-])cc1. The highest BCUT2D eigenvalue weighted by molar-refractivity contribution is 8.18. The van der Waals surface area contributed by atoms with Gasteiger partial charge in [0.2, 0.25) is 0 Å². The number of nitro benzene ring substituents is 1. The Kier molecular flexibility index (Phi) is 6.37. The molecule has 2 heterocycles. The van der Waals surface area contributed by atoms with Gasteiger partial charge in [0.15, 0.2) is 5.78 Å². The number of amides is 2. The van der Waals surface area contributed by atoms with Gasteiger partial charge in [-0.05, 0) is 54.2 Å². The summed E-state index contributed by atoms with van der Waals surface area (Å²) in [6.07, 6.45) is 1.41. The molecular formula is C22H12Cl2N2O6S. The first kappa shape index (κ1) is 22.8. The molecule has 0 atom stereocenters. The van der Waals surface area contributed by atoms with Crippen molar-refractivity contribution < 1.29 is 23.7 Å². The summed E-state index contributed by atoms with van der Waals surface area (Å²) in [5.41, 5.74) is 0.556.